The highest BCUT2D eigenvalue weighted by Gasteiger charge is 2.13. The third kappa shape index (κ3) is 4.35. The highest BCUT2D eigenvalue weighted by molar-refractivity contribution is 7.97. The van der Waals surface area contributed by atoms with Gasteiger partial charge in [-0.3, -0.25) is 9.63 Å². The normalized spacial score (nSPS) is 10.2. The standard InChI is InChI=1S/C13H13N3O2S/c1-11(17)16(19-13-14-8-5-9-15-13)18-10-12-6-3-2-4-7-12/h2-9H,10H2,1H3. The molecule has 0 saturated heterocycles. The number of hydroxylamine groups is 1. The summed E-state index contributed by atoms with van der Waals surface area (Å²) in [6, 6.07) is 11.4. The predicted molar refractivity (Wildman–Crippen MR) is 71.6 cm³/mol. The summed E-state index contributed by atoms with van der Waals surface area (Å²) < 4.78 is 1.18. The van der Waals surface area contributed by atoms with Crippen LogP contribution in [-0.2, 0) is 16.2 Å². The molecular formula is C13H13N3O2S. The molecule has 0 atom stereocenters. The lowest BCUT2D eigenvalue weighted by atomic mass is 10.2. The van der Waals surface area contributed by atoms with E-state index in [4.69, 9.17) is 4.84 Å². The van der Waals surface area contributed by atoms with Crippen LogP contribution in [0.15, 0.2) is 53.9 Å². The van der Waals surface area contributed by atoms with Crippen molar-refractivity contribution in [2.45, 2.75) is 18.7 Å². The molecule has 0 saturated carbocycles. The van der Waals surface area contributed by atoms with Crippen molar-refractivity contribution in [1.29, 1.82) is 0 Å². The average Bonchev–Trinajstić information content (AvgIpc) is 2.45. The van der Waals surface area contributed by atoms with Gasteiger partial charge in [0.25, 0.3) is 5.91 Å². The lowest BCUT2D eigenvalue weighted by molar-refractivity contribution is -0.156. The highest BCUT2D eigenvalue weighted by atomic mass is 32.2. The Bertz CT molecular complexity index is 522. The van der Waals surface area contributed by atoms with Crippen LogP contribution >= 0.6 is 11.9 Å². The van der Waals surface area contributed by atoms with E-state index in [1.165, 1.54) is 11.4 Å². The van der Waals surface area contributed by atoms with Gasteiger partial charge in [-0.1, -0.05) is 30.3 Å². The topological polar surface area (TPSA) is 55.3 Å². The average molecular weight is 275 g/mol. The Labute approximate surface area is 115 Å². The van der Waals surface area contributed by atoms with Crippen LogP contribution < -0.4 is 0 Å². The van der Waals surface area contributed by atoms with Gasteiger partial charge in [0.15, 0.2) is 0 Å². The lowest BCUT2D eigenvalue weighted by Gasteiger charge is -2.17. The molecule has 0 aliphatic carbocycles. The quantitative estimate of drug-likeness (QED) is 0.476. The van der Waals surface area contributed by atoms with Crippen LogP contribution in [0.3, 0.4) is 0 Å². The molecule has 2 aromatic rings. The van der Waals surface area contributed by atoms with E-state index >= 15 is 0 Å². The smallest absolute Gasteiger partial charge is 0.253 e. The number of amides is 1. The number of hydrogen-bond donors (Lipinski definition) is 0. The maximum Gasteiger partial charge on any atom is 0.253 e. The van der Waals surface area contributed by atoms with Gasteiger partial charge in [-0.15, -0.1) is 0 Å². The van der Waals surface area contributed by atoms with Crippen LogP contribution in [0.4, 0.5) is 0 Å². The van der Waals surface area contributed by atoms with Crippen molar-refractivity contribution in [3.8, 4) is 0 Å². The van der Waals surface area contributed by atoms with Crippen molar-refractivity contribution in [2.75, 3.05) is 0 Å². The van der Waals surface area contributed by atoms with Gasteiger partial charge in [0.05, 0.1) is 11.9 Å². The summed E-state index contributed by atoms with van der Waals surface area (Å²) in [5.41, 5.74) is 0.989. The first-order chi connectivity index (χ1) is 9.25. The van der Waals surface area contributed by atoms with Crippen molar-refractivity contribution >= 4 is 17.9 Å². The van der Waals surface area contributed by atoms with Gasteiger partial charge in [0, 0.05) is 19.3 Å². The van der Waals surface area contributed by atoms with Crippen molar-refractivity contribution < 1.29 is 9.63 Å². The first-order valence-corrected chi connectivity index (χ1v) is 6.45. The Morgan fingerprint density at radius 2 is 1.89 bits per heavy atom. The fourth-order valence-electron chi connectivity index (χ4n) is 1.30. The van der Waals surface area contributed by atoms with Crippen LogP contribution in [-0.4, -0.2) is 20.3 Å². The van der Waals surface area contributed by atoms with E-state index in [0.29, 0.717) is 11.8 Å². The molecule has 0 aliphatic rings. The van der Waals surface area contributed by atoms with Gasteiger partial charge in [-0.2, -0.15) is 4.47 Å². The third-order valence-corrected chi connectivity index (χ3v) is 3.06. The first-order valence-electron chi connectivity index (χ1n) is 5.68. The molecule has 19 heavy (non-hydrogen) atoms. The van der Waals surface area contributed by atoms with Gasteiger partial charge < -0.3 is 0 Å². The molecule has 5 nitrogen and oxygen atoms in total. The van der Waals surface area contributed by atoms with Crippen LogP contribution in [0.25, 0.3) is 0 Å². The van der Waals surface area contributed by atoms with Crippen LogP contribution in [0.5, 0.6) is 0 Å². The zero-order chi connectivity index (χ0) is 13.5. The molecule has 1 aromatic heterocycles. The van der Waals surface area contributed by atoms with Gasteiger partial charge in [0.2, 0.25) is 5.16 Å². The Morgan fingerprint density at radius 1 is 1.21 bits per heavy atom. The van der Waals surface area contributed by atoms with Gasteiger partial charge >= 0.3 is 0 Å². The maximum atomic E-state index is 11.5. The van der Waals surface area contributed by atoms with E-state index in [9.17, 15) is 4.79 Å². The second kappa shape index (κ2) is 6.86. The molecule has 6 heteroatoms. The summed E-state index contributed by atoms with van der Waals surface area (Å²) in [6.45, 7) is 1.75. The zero-order valence-corrected chi connectivity index (χ0v) is 11.2. The van der Waals surface area contributed by atoms with Crippen LogP contribution in [0.1, 0.15) is 12.5 Å². The first kappa shape index (κ1) is 13.5. The molecule has 0 spiro atoms. The summed E-state index contributed by atoms with van der Waals surface area (Å²) in [6.07, 6.45) is 3.23. The minimum Gasteiger partial charge on any atom is -0.272 e. The minimum absolute atomic E-state index is 0.214. The summed E-state index contributed by atoms with van der Waals surface area (Å²) >= 11 is 1.06. The minimum atomic E-state index is -0.214. The number of hydrogen-bond acceptors (Lipinski definition) is 5. The maximum absolute atomic E-state index is 11.5. The van der Waals surface area contributed by atoms with E-state index < -0.39 is 0 Å². The molecule has 1 amide bonds. The molecule has 0 bridgehead atoms. The number of carbonyl (C=O) groups is 1. The monoisotopic (exact) mass is 275 g/mol. The SMILES string of the molecule is CC(=O)N(OCc1ccccc1)Sc1ncccn1. The Morgan fingerprint density at radius 3 is 2.53 bits per heavy atom. The molecule has 2 rings (SSSR count). The van der Waals surface area contributed by atoms with E-state index in [1.54, 1.807) is 18.5 Å². The number of nitrogens with zero attached hydrogens (tertiary/aromatic N) is 3. The predicted octanol–water partition coefficient (Wildman–Crippen LogP) is 2.46. The Kier molecular flexibility index (Phi) is 4.88. The summed E-state index contributed by atoms with van der Waals surface area (Å²) in [4.78, 5) is 25.0. The molecule has 0 N–H and O–H groups in total. The van der Waals surface area contributed by atoms with Crippen molar-refractivity contribution in [2.24, 2.45) is 0 Å². The molecule has 0 unspecified atom stereocenters. The molecule has 0 fully saturated rings. The summed E-state index contributed by atoms with van der Waals surface area (Å²) in [7, 11) is 0. The lowest BCUT2D eigenvalue weighted by Crippen LogP contribution is -2.22. The van der Waals surface area contributed by atoms with Crippen molar-refractivity contribution in [3.05, 3.63) is 54.4 Å². The van der Waals surface area contributed by atoms with Gasteiger partial charge in [-0.25, -0.2) is 9.97 Å². The second-order valence-electron chi connectivity index (χ2n) is 3.66. The fourth-order valence-corrected chi connectivity index (χ4v) is 1.89. The molecule has 1 aromatic carbocycles. The van der Waals surface area contributed by atoms with Crippen LogP contribution in [0, 0.1) is 0 Å². The molecule has 1 heterocycles. The fraction of sp³-hybridized carbons (Fsp3) is 0.154. The van der Waals surface area contributed by atoms with Crippen molar-refractivity contribution in [1.82, 2.24) is 14.4 Å². The number of aromatic nitrogens is 2. The van der Waals surface area contributed by atoms with E-state index in [2.05, 4.69) is 9.97 Å². The summed E-state index contributed by atoms with van der Waals surface area (Å²) in [5.74, 6) is -0.214. The second-order valence-corrected chi connectivity index (χ2v) is 4.54. The molecule has 98 valence electrons. The Balaban J connectivity index is 1.95. The van der Waals surface area contributed by atoms with E-state index in [1.807, 2.05) is 30.3 Å². The van der Waals surface area contributed by atoms with E-state index in [-0.39, 0.29) is 5.91 Å². The summed E-state index contributed by atoms with van der Waals surface area (Å²) in [5, 5.41) is 0.464. The molecular weight excluding hydrogens is 262 g/mol. The van der Waals surface area contributed by atoms with Crippen LogP contribution in [0.2, 0.25) is 0 Å². The van der Waals surface area contributed by atoms with Gasteiger partial charge in [-0.05, 0) is 11.6 Å². The molecule has 0 radical (unpaired) electrons. The number of carbonyl (C=O) groups excluding carboxylic acids is 1. The number of benzene rings is 1. The zero-order valence-electron chi connectivity index (χ0n) is 10.4. The third-order valence-electron chi connectivity index (χ3n) is 2.16. The molecule has 0 aliphatic heterocycles. The largest absolute Gasteiger partial charge is 0.272 e. The van der Waals surface area contributed by atoms with Crippen molar-refractivity contribution in [3.63, 3.8) is 0 Å². The highest BCUT2D eigenvalue weighted by Crippen LogP contribution is 2.19. The Hall–Kier alpha value is -1.92. The van der Waals surface area contributed by atoms with E-state index in [0.717, 1.165) is 17.5 Å². The number of rotatable bonds is 5. The van der Waals surface area contributed by atoms with Gasteiger partial charge in [0.1, 0.15) is 6.61 Å².